The number of halogens is 1. The van der Waals surface area contributed by atoms with Crippen LogP contribution in [0.5, 0.6) is 11.5 Å². The van der Waals surface area contributed by atoms with Crippen LogP contribution in [-0.2, 0) is 0 Å². The number of benzene rings is 2. The summed E-state index contributed by atoms with van der Waals surface area (Å²) in [6.45, 7) is 3.12. The van der Waals surface area contributed by atoms with E-state index in [9.17, 15) is 19.6 Å². The summed E-state index contributed by atoms with van der Waals surface area (Å²) in [5, 5.41) is 20.5. The fourth-order valence-electron chi connectivity index (χ4n) is 1.79. The maximum Gasteiger partial charge on any atom is 0.311 e. The average Bonchev–Trinajstić information content (AvgIpc) is 2.43. The molecule has 1 N–H and O–H groups in total. The topological polar surface area (TPSA) is 72.6 Å². The standard InChI is InChI=1S/C15H14FNO4/c1-9-3-5-12(8-13(9)16)21-15-6-4-11(10(2)18)7-14(15)17(19)20/h3-8,10,18H,1-2H3. The molecule has 0 radical (unpaired) electrons. The second-order valence-electron chi connectivity index (χ2n) is 4.67. The van der Waals surface area contributed by atoms with Gasteiger partial charge in [-0.05, 0) is 37.1 Å². The molecule has 0 fully saturated rings. The van der Waals surface area contributed by atoms with Crippen LogP contribution >= 0.6 is 0 Å². The molecule has 110 valence electrons. The van der Waals surface area contributed by atoms with Gasteiger partial charge >= 0.3 is 5.69 Å². The van der Waals surface area contributed by atoms with Crippen molar-refractivity contribution >= 4 is 5.69 Å². The van der Waals surface area contributed by atoms with Crippen molar-refractivity contribution < 1.29 is 19.2 Å². The van der Waals surface area contributed by atoms with E-state index in [0.29, 0.717) is 11.1 Å². The average molecular weight is 291 g/mol. The smallest absolute Gasteiger partial charge is 0.311 e. The second-order valence-corrected chi connectivity index (χ2v) is 4.67. The Balaban J connectivity index is 2.39. The molecule has 2 rings (SSSR count). The van der Waals surface area contributed by atoms with Gasteiger partial charge in [-0.1, -0.05) is 12.1 Å². The molecule has 0 heterocycles. The number of nitrogens with zero attached hydrogens (tertiary/aromatic N) is 1. The zero-order valence-electron chi connectivity index (χ0n) is 11.5. The molecular weight excluding hydrogens is 277 g/mol. The number of aryl methyl sites for hydroxylation is 1. The van der Waals surface area contributed by atoms with Gasteiger partial charge in [-0.15, -0.1) is 0 Å². The van der Waals surface area contributed by atoms with E-state index in [1.807, 2.05) is 0 Å². The molecule has 2 aromatic rings. The molecule has 21 heavy (non-hydrogen) atoms. The number of aliphatic hydroxyl groups excluding tert-OH is 1. The Kier molecular flexibility index (Phi) is 4.18. The van der Waals surface area contributed by atoms with Gasteiger partial charge in [-0.2, -0.15) is 0 Å². The highest BCUT2D eigenvalue weighted by atomic mass is 19.1. The third-order valence-electron chi connectivity index (χ3n) is 3.03. The van der Waals surface area contributed by atoms with Gasteiger partial charge in [-0.25, -0.2) is 4.39 Å². The van der Waals surface area contributed by atoms with Crippen molar-refractivity contribution in [3.63, 3.8) is 0 Å². The Hall–Kier alpha value is -2.47. The fraction of sp³-hybridized carbons (Fsp3) is 0.200. The Morgan fingerprint density at radius 1 is 1.29 bits per heavy atom. The normalized spacial score (nSPS) is 12.0. The molecule has 1 atom stereocenters. The van der Waals surface area contributed by atoms with Crippen LogP contribution in [0, 0.1) is 22.9 Å². The summed E-state index contributed by atoms with van der Waals surface area (Å²) >= 11 is 0. The molecule has 0 aliphatic heterocycles. The zero-order chi connectivity index (χ0) is 15.6. The van der Waals surface area contributed by atoms with Crippen molar-refractivity contribution in [1.82, 2.24) is 0 Å². The summed E-state index contributed by atoms with van der Waals surface area (Å²) in [7, 11) is 0. The van der Waals surface area contributed by atoms with E-state index in [0.717, 1.165) is 0 Å². The van der Waals surface area contributed by atoms with Gasteiger partial charge in [0.25, 0.3) is 0 Å². The molecule has 0 aromatic heterocycles. The van der Waals surface area contributed by atoms with Gasteiger partial charge in [0, 0.05) is 12.1 Å². The van der Waals surface area contributed by atoms with E-state index < -0.39 is 16.8 Å². The summed E-state index contributed by atoms with van der Waals surface area (Å²) in [4.78, 5) is 10.5. The number of nitro groups is 1. The van der Waals surface area contributed by atoms with Crippen LogP contribution < -0.4 is 4.74 Å². The lowest BCUT2D eigenvalue weighted by molar-refractivity contribution is -0.385. The molecule has 0 spiro atoms. The Labute approximate surface area is 120 Å². The summed E-state index contributed by atoms with van der Waals surface area (Å²) in [5.41, 5.74) is 0.583. The van der Waals surface area contributed by atoms with Gasteiger partial charge < -0.3 is 9.84 Å². The van der Waals surface area contributed by atoms with Gasteiger partial charge in [0.15, 0.2) is 0 Å². The van der Waals surface area contributed by atoms with Crippen LogP contribution in [-0.4, -0.2) is 10.0 Å². The number of rotatable bonds is 4. The number of ether oxygens (including phenoxy) is 1. The third-order valence-corrected chi connectivity index (χ3v) is 3.03. The molecule has 0 aliphatic rings. The Morgan fingerprint density at radius 3 is 2.57 bits per heavy atom. The monoisotopic (exact) mass is 291 g/mol. The number of hydrogen-bond acceptors (Lipinski definition) is 4. The minimum absolute atomic E-state index is 0.00680. The first-order valence-electron chi connectivity index (χ1n) is 6.29. The molecule has 2 aromatic carbocycles. The minimum Gasteiger partial charge on any atom is -0.450 e. The van der Waals surface area contributed by atoms with Gasteiger partial charge in [-0.3, -0.25) is 10.1 Å². The van der Waals surface area contributed by atoms with Crippen LogP contribution in [0.1, 0.15) is 24.2 Å². The highest BCUT2D eigenvalue weighted by Crippen LogP contribution is 2.34. The van der Waals surface area contributed by atoms with Crippen molar-refractivity contribution in [2.24, 2.45) is 0 Å². The first kappa shape index (κ1) is 14.9. The Bertz CT molecular complexity index is 685. The molecule has 0 saturated carbocycles. The van der Waals surface area contributed by atoms with Crippen LogP contribution in [0.2, 0.25) is 0 Å². The van der Waals surface area contributed by atoms with Gasteiger partial charge in [0.05, 0.1) is 11.0 Å². The maximum atomic E-state index is 13.5. The van der Waals surface area contributed by atoms with Crippen LogP contribution in [0.25, 0.3) is 0 Å². The third kappa shape index (κ3) is 3.35. The number of nitro benzene ring substituents is 1. The minimum atomic E-state index is -0.824. The maximum absolute atomic E-state index is 13.5. The summed E-state index contributed by atoms with van der Waals surface area (Å²) < 4.78 is 18.8. The Morgan fingerprint density at radius 2 is 2.00 bits per heavy atom. The van der Waals surface area contributed by atoms with E-state index in [1.165, 1.54) is 43.3 Å². The first-order valence-corrected chi connectivity index (χ1v) is 6.29. The molecule has 5 nitrogen and oxygen atoms in total. The second kappa shape index (κ2) is 5.88. The lowest BCUT2D eigenvalue weighted by atomic mass is 10.1. The zero-order valence-corrected chi connectivity index (χ0v) is 11.5. The fourth-order valence-corrected chi connectivity index (χ4v) is 1.79. The lowest BCUT2D eigenvalue weighted by Gasteiger charge is -2.10. The SMILES string of the molecule is Cc1ccc(Oc2ccc(C(C)O)cc2[N+](=O)[O-])cc1F. The summed E-state index contributed by atoms with van der Waals surface area (Å²) in [5.74, 6) is -0.283. The number of hydrogen-bond donors (Lipinski definition) is 1. The van der Waals surface area contributed by atoms with E-state index >= 15 is 0 Å². The van der Waals surface area contributed by atoms with Gasteiger partial charge in [0.1, 0.15) is 11.6 Å². The largest absolute Gasteiger partial charge is 0.450 e. The summed E-state index contributed by atoms with van der Waals surface area (Å²) in [6, 6.07) is 8.38. The molecule has 1 unspecified atom stereocenters. The van der Waals surface area contributed by atoms with E-state index in [1.54, 1.807) is 6.92 Å². The molecular formula is C15H14FNO4. The quantitative estimate of drug-likeness (QED) is 0.685. The van der Waals surface area contributed by atoms with Crippen molar-refractivity contribution in [3.05, 3.63) is 63.5 Å². The molecule has 0 aliphatic carbocycles. The molecule has 0 bridgehead atoms. The van der Waals surface area contributed by atoms with E-state index in [-0.39, 0.29) is 17.2 Å². The molecule has 0 saturated heterocycles. The van der Waals surface area contributed by atoms with Crippen LogP contribution in [0.3, 0.4) is 0 Å². The van der Waals surface area contributed by atoms with Crippen molar-refractivity contribution in [1.29, 1.82) is 0 Å². The first-order chi connectivity index (χ1) is 9.88. The van der Waals surface area contributed by atoms with E-state index in [2.05, 4.69) is 0 Å². The van der Waals surface area contributed by atoms with Crippen molar-refractivity contribution in [3.8, 4) is 11.5 Å². The predicted octanol–water partition coefficient (Wildman–Crippen LogP) is 3.89. The highest BCUT2D eigenvalue weighted by Gasteiger charge is 2.18. The van der Waals surface area contributed by atoms with Crippen LogP contribution in [0.4, 0.5) is 10.1 Å². The van der Waals surface area contributed by atoms with Crippen molar-refractivity contribution in [2.45, 2.75) is 20.0 Å². The predicted molar refractivity (Wildman–Crippen MR) is 74.9 cm³/mol. The van der Waals surface area contributed by atoms with E-state index in [4.69, 9.17) is 4.74 Å². The van der Waals surface area contributed by atoms with Gasteiger partial charge in [0.2, 0.25) is 5.75 Å². The summed E-state index contributed by atoms with van der Waals surface area (Å²) in [6.07, 6.45) is -0.824. The van der Waals surface area contributed by atoms with Crippen LogP contribution in [0.15, 0.2) is 36.4 Å². The molecule has 6 heteroatoms. The highest BCUT2D eigenvalue weighted by molar-refractivity contribution is 5.51. The lowest BCUT2D eigenvalue weighted by Crippen LogP contribution is -1.98. The number of aliphatic hydroxyl groups is 1. The molecule has 0 amide bonds. The van der Waals surface area contributed by atoms with Crippen molar-refractivity contribution in [2.75, 3.05) is 0 Å².